The third-order valence-corrected chi connectivity index (χ3v) is 26.9. The first-order chi connectivity index (χ1) is 57.9. The number of aromatic nitrogens is 1. The molecule has 11 amide bonds. The minimum Gasteiger partial charge on any atom is -0.508 e. The van der Waals surface area contributed by atoms with E-state index in [-0.39, 0.29) is 103 Å². The van der Waals surface area contributed by atoms with Crippen molar-refractivity contribution in [2.45, 2.75) is 201 Å². The maximum Gasteiger partial charge on any atom is 0.409 e. The molecule has 5 aromatic rings. The van der Waals surface area contributed by atoms with Gasteiger partial charge in [0.25, 0.3) is 0 Å². The molecular weight excluding hydrogens is 1680 g/mol. The summed E-state index contributed by atoms with van der Waals surface area (Å²) in [6, 6.07) is 12.0. The lowest BCUT2D eigenvalue weighted by atomic mass is 9.72. The van der Waals surface area contributed by atoms with Crippen LogP contribution in [-0.4, -0.2) is 250 Å². The van der Waals surface area contributed by atoms with Gasteiger partial charge in [0.1, 0.15) is 94.4 Å². The summed E-state index contributed by atoms with van der Waals surface area (Å²) >= 11 is 6.89. The third kappa shape index (κ3) is 25.8. The number of alkyl carbamates (subject to hydrolysis) is 1. The van der Waals surface area contributed by atoms with Gasteiger partial charge < -0.3 is 108 Å². The lowest BCUT2D eigenvalue weighted by Crippen LogP contribution is -2.72. The first-order valence-electron chi connectivity index (χ1n) is 39.7. The summed E-state index contributed by atoms with van der Waals surface area (Å²) in [5.41, 5.74) is 17.8. The molecule has 5 aliphatic rings. The van der Waals surface area contributed by atoms with Gasteiger partial charge in [-0.15, -0.1) is 0 Å². The predicted octanol–water partition coefficient (Wildman–Crippen LogP) is 3.46. The van der Waals surface area contributed by atoms with E-state index >= 15 is 9.59 Å². The Balaban J connectivity index is 0.910. The molecule has 6 heterocycles. The molecule has 0 aliphatic carbocycles. The van der Waals surface area contributed by atoms with Crippen LogP contribution in [0, 0.1) is 0 Å². The zero-order valence-electron chi connectivity index (χ0n) is 69.2. The number of phenols is 1. The highest BCUT2D eigenvalue weighted by molar-refractivity contribution is 8.77. The fourth-order valence-corrected chi connectivity index (χ4v) is 19.4. The number of para-hydroxylation sites is 1. The topological polar surface area (TPSA) is 508 Å². The van der Waals surface area contributed by atoms with Gasteiger partial charge in [0.05, 0.1) is 31.4 Å². The lowest BCUT2D eigenvalue weighted by Gasteiger charge is -2.59. The summed E-state index contributed by atoms with van der Waals surface area (Å²) in [6.07, 6.45) is 0.356. The number of unbranched alkanes of at least 4 members (excludes halogenated alkanes) is 1. The number of nitrogens with two attached hydrogens (primary N) is 3. The summed E-state index contributed by atoms with van der Waals surface area (Å²) in [5.74, 6) is -10.1. The van der Waals surface area contributed by atoms with Crippen molar-refractivity contribution in [3.05, 3.63) is 148 Å². The number of hydrogen-bond donors (Lipinski definition) is 15. The summed E-state index contributed by atoms with van der Waals surface area (Å²) < 4.78 is 30.0. The Morgan fingerprint density at radius 2 is 1.49 bits per heavy atom. The first-order valence-corrected chi connectivity index (χ1v) is 45.1. The molecule has 3 saturated heterocycles. The van der Waals surface area contributed by atoms with Gasteiger partial charge >= 0.3 is 12.1 Å². The minimum absolute atomic E-state index is 0.0222. The molecule has 1 aromatic heterocycles. The number of rotatable bonds is 27. The number of ether oxygens (including phenoxy) is 5. The van der Waals surface area contributed by atoms with Gasteiger partial charge in [-0.1, -0.05) is 139 Å². The van der Waals surface area contributed by atoms with Crippen molar-refractivity contribution < 1.29 is 96.5 Å². The number of halogens is 1. The zero-order valence-corrected chi connectivity index (χ0v) is 73.2. The van der Waals surface area contributed by atoms with E-state index in [1.165, 1.54) is 71.3 Å². The van der Waals surface area contributed by atoms with Gasteiger partial charge in [0, 0.05) is 93.4 Å². The van der Waals surface area contributed by atoms with Crippen LogP contribution in [-0.2, 0) is 97.4 Å². The van der Waals surface area contributed by atoms with Crippen molar-refractivity contribution in [2.75, 3.05) is 62.8 Å². The average molecular weight is 1790 g/mol. The molecular formula is C83H109ClN14O20S4. The number of carbonyl (C=O) groups is 12. The predicted molar refractivity (Wildman–Crippen MR) is 465 cm³/mol. The molecule has 122 heavy (non-hydrogen) atoms. The molecule has 10 rings (SSSR count). The second-order valence-electron chi connectivity index (χ2n) is 31.1. The van der Waals surface area contributed by atoms with Crippen LogP contribution in [0.2, 0.25) is 5.02 Å². The number of esters is 1. The minimum atomic E-state index is -1.98. The maximum atomic E-state index is 15.1. The fraction of sp³-hybridized carbons (Fsp3) is 0.494. The Kier molecular flexibility index (Phi) is 34.8. The van der Waals surface area contributed by atoms with E-state index in [4.69, 9.17) is 52.5 Å². The molecule has 1 unspecified atom stereocenters. The van der Waals surface area contributed by atoms with Crippen molar-refractivity contribution in [3.8, 4) is 11.5 Å². The Morgan fingerprint density at radius 1 is 0.828 bits per heavy atom. The van der Waals surface area contributed by atoms with Crippen LogP contribution in [0.3, 0.4) is 0 Å². The van der Waals surface area contributed by atoms with E-state index < -0.39 is 173 Å². The van der Waals surface area contributed by atoms with Crippen LogP contribution in [0.25, 0.3) is 10.9 Å². The molecule has 0 radical (unpaired) electrons. The quantitative estimate of drug-likeness (QED) is 0.0203. The first kappa shape index (κ1) is 96.2. The Morgan fingerprint density at radius 3 is 2.17 bits per heavy atom. The number of aliphatic hydroxyl groups excluding tert-OH is 1. The van der Waals surface area contributed by atoms with Gasteiger partial charge in [-0.3, -0.25) is 53.3 Å². The molecule has 3 fully saturated rings. The second kappa shape index (κ2) is 44.1. The largest absolute Gasteiger partial charge is 0.508 e. The number of primary amides is 1. The molecule has 0 spiro atoms. The summed E-state index contributed by atoms with van der Waals surface area (Å²) in [4.78, 5) is 179. The number of nitrogens with one attached hydrogen (secondary N) is 9. The normalized spacial score (nSPS) is 26.5. The molecule has 0 saturated carbocycles. The van der Waals surface area contributed by atoms with Crippen LogP contribution in [0.5, 0.6) is 11.5 Å². The maximum absolute atomic E-state index is 15.1. The van der Waals surface area contributed by atoms with Gasteiger partial charge in [0.15, 0.2) is 5.72 Å². The molecule has 6 bridgehead atoms. The average Bonchev–Trinajstić information content (AvgIpc) is 1.64. The number of anilines is 1. The second-order valence-corrected chi connectivity index (χ2v) is 36.7. The monoisotopic (exact) mass is 1780 g/mol. The number of likely N-dealkylation sites (N-methyl/N-ethyl adjacent to an activating group) is 1. The molecule has 16 atom stereocenters. The standard InChI is InChI=1S/C83H109ClN14O20S4/c1-45-18-17-24-64(115-9)83(113)39-66(117-80(112)96-83)82(5)44-81(4,118-82)65(38-68(102)98(7)62-35-50(32-45)36-63(114-8)69(62)84)116-79(111)46(2)97(6)67(101)29-31-119-120-41-59(71(87)103)92-77(109)61-43-122-121-42-60(93-72(104)54(86)33-48-19-11-10-12-20-48)76(108)90-57(34-49-25-27-52(100)28-26-49)74(106)91-58(37-51-40-88-55-22-14-13-21-53(51)55)75(107)89-56(23-15-16-30-85)73(105)95-70(47(3)99)78(110)94-61/h10-14,17-22,24-28,35-36,40,46-47,54,56-61,64-66,70,88,99-100,113H,15-16,23,29-34,37-39,41-44,85-86H2,1-9H3,(H2,87,103)(H,89,107)(H,90,108)(H,91,106)(H,92,109)(H,93,104)(H,94,110)(H,95,105)(H,96,112)/b24-17+,45-18+/t46-,47+,54+,56-,57-,58+,59-,60-,61-,64+,65-,66-,70-,81+,82?,83-/m0/s1. The van der Waals surface area contributed by atoms with Gasteiger partial charge in [-0.2, -0.15) is 0 Å². The highest BCUT2D eigenvalue weighted by atomic mass is 35.5. The van der Waals surface area contributed by atoms with Crippen LogP contribution < -0.4 is 69.4 Å². The Hall–Kier alpha value is -9.61. The number of nitrogens with zero attached hydrogens (tertiary/aromatic N) is 2. The van der Waals surface area contributed by atoms with E-state index in [2.05, 4.69) is 47.5 Å². The van der Waals surface area contributed by atoms with E-state index in [0.29, 0.717) is 46.0 Å². The molecule has 662 valence electrons. The van der Waals surface area contributed by atoms with E-state index in [1.807, 2.05) is 13.0 Å². The van der Waals surface area contributed by atoms with E-state index in [1.54, 1.807) is 98.9 Å². The number of aromatic amines is 1. The van der Waals surface area contributed by atoms with Crippen molar-refractivity contribution >= 4 is 143 Å². The molecule has 34 nitrogen and oxygen atoms in total. The van der Waals surface area contributed by atoms with Crippen molar-refractivity contribution in [3.63, 3.8) is 0 Å². The molecule has 5 aliphatic heterocycles. The lowest BCUT2D eigenvalue weighted by molar-refractivity contribution is -0.328. The van der Waals surface area contributed by atoms with E-state index in [0.717, 1.165) is 53.6 Å². The van der Waals surface area contributed by atoms with Crippen LogP contribution >= 0.6 is 54.8 Å². The van der Waals surface area contributed by atoms with Gasteiger partial charge in [0.2, 0.25) is 59.1 Å². The Bertz CT molecular complexity index is 4640. The van der Waals surface area contributed by atoms with E-state index in [9.17, 15) is 63.3 Å². The number of phenolic OH excluding ortho intramolecular Hbond substituents is 1. The third-order valence-electron chi connectivity index (χ3n) is 21.7. The van der Waals surface area contributed by atoms with Crippen LogP contribution in [0.1, 0.15) is 102 Å². The smallest absolute Gasteiger partial charge is 0.409 e. The highest BCUT2D eigenvalue weighted by Crippen LogP contribution is 2.51. The number of allylic oxidation sites excluding steroid dienone is 3. The van der Waals surface area contributed by atoms with Gasteiger partial charge in [-0.25, -0.2) is 9.59 Å². The SMILES string of the molecule is COc1cc2cc(c1Cl)N(C)C(=O)C[C@H](OC(=O)[C@H](C)N(C)C(=O)CCSSC[C@H](NC(=O)[C@@H]1CSSC[C@H](NC(=O)[C@H](N)Cc3ccccc3)C(=O)N[C@@H](Cc3ccc(O)cc3)C(=O)N[C@H](Cc3c[nH]c4ccccc34)C(=O)N[C@@H](CCCCN)C(=O)N[C@@H]([C@@H](C)O)C(=O)N1)C(N)=O)[C@@]1(C)CC(C)(O1)[C@@H]1C[C@@](O)(NC(=O)O1)[C@H](OC)/C=C/C=C(\C)C2. The van der Waals surface area contributed by atoms with Crippen LogP contribution in [0.4, 0.5) is 10.5 Å². The van der Waals surface area contributed by atoms with Crippen molar-refractivity contribution in [1.82, 2.24) is 52.4 Å². The number of amides is 11. The number of fused-ring (bicyclic) bond motifs is 7. The summed E-state index contributed by atoms with van der Waals surface area (Å²) in [5, 5.41) is 55.7. The number of carbonyl (C=O) groups excluding carboxylic acids is 12. The summed E-state index contributed by atoms with van der Waals surface area (Å²) in [7, 11) is 9.71. The molecule has 18 N–H and O–H groups in total. The zero-order chi connectivity index (χ0) is 88.9. The number of H-pyrrole nitrogens is 1. The Labute approximate surface area is 727 Å². The fourth-order valence-electron chi connectivity index (χ4n) is 14.6. The van der Waals surface area contributed by atoms with Crippen molar-refractivity contribution in [1.29, 1.82) is 0 Å². The van der Waals surface area contributed by atoms with Gasteiger partial charge in [-0.05, 0) is 126 Å². The molecule has 4 aromatic carbocycles. The number of benzene rings is 4. The highest BCUT2D eigenvalue weighted by Gasteiger charge is 2.63. The number of aliphatic hydroxyl groups is 2. The summed E-state index contributed by atoms with van der Waals surface area (Å²) in [6.45, 7) is 7.98. The van der Waals surface area contributed by atoms with Crippen molar-refractivity contribution in [2.24, 2.45) is 17.2 Å². The molecule has 39 heteroatoms. The number of hydrogen-bond acceptors (Lipinski definition) is 26. The number of aromatic hydroxyl groups is 1. The van der Waals surface area contributed by atoms with Crippen LogP contribution in [0.15, 0.2) is 121 Å². The number of methoxy groups -OCH3 is 2.